The third-order valence-corrected chi connectivity index (χ3v) is 3.43. The second-order valence-electron chi connectivity index (χ2n) is 4.91. The number of halogens is 3. The lowest BCUT2D eigenvalue weighted by molar-refractivity contribution is -0.122. The molecule has 0 radical (unpaired) electrons. The monoisotopic (exact) mass is 327 g/mol. The summed E-state index contributed by atoms with van der Waals surface area (Å²) in [5.74, 6) is -1.92. The van der Waals surface area contributed by atoms with Gasteiger partial charge in [0.05, 0.1) is 11.6 Å². The third-order valence-electron chi connectivity index (χ3n) is 3.43. The third kappa shape index (κ3) is 4.02. The number of aromatic nitrogens is 2. The molecule has 1 aromatic carbocycles. The number of hydrogen-bond acceptors (Lipinski definition) is 3. The van der Waals surface area contributed by atoms with E-state index in [0.717, 1.165) is 6.07 Å². The number of rotatable bonds is 6. The van der Waals surface area contributed by atoms with E-state index in [0.29, 0.717) is 5.69 Å². The standard InChI is InChI=1S/C15H16F3N3O2/c1-9(12-6-7-20-21(12)2)14(22)19-8-10-11(16)4-3-5-13(10)23-15(17)18/h3-7,9,15H,8H2,1-2H3,(H,19,22). The van der Waals surface area contributed by atoms with Gasteiger partial charge >= 0.3 is 6.61 Å². The van der Waals surface area contributed by atoms with Gasteiger partial charge in [-0.15, -0.1) is 0 Å². The Morgan fingerprint density at radius 1 is 1.39 bits per heavy atom. The Morgan fingerprint density at radius 2 is 2.13 bits per heavy atom. The molecular formula is C15H16F3N3O2. The summed E-state index contributed by atoms with van der Waals surface area (Å²) in [4.78, 5) is 12.1. The average Bonchev–Trinajstić information content (AvgIpc) is 2.91. The molecule has 1 amide bonds. The number of hydrogen-bond donors (Lipinski definition) is 1. The maximum absolute atomic E-state index is 13.8. The molecule has 1 heterocycles. The molecule has 0 saturated heterocycles. The summed E-state index contributed by atoms with van der Waals surface area (Å²) in [6, 6.07) is 5.29. The second kappa shape index (κ2) is 7.17. The number of ether oxygens (including phenoxy) is 1. The molecule has 0 saturated carbocycles. The van der Waals surface area contributed by atoms with Crippen molar-refractivity contribution in [3.05, 3.63) is 47.5 Å². The predicted octanol–water partition coefficient (Wildman–Crippen LogP) is 2.58. The van der Waals surface area contributed by atoms with Crippen LogP contribution in [-0.2, 0) is 18.4 Å². The highest BCUT2D eigenvalue weighted by Crippen LogP contribution is 2.23. The SMILES string of the molecule is CC(C(=O)NCc1c(F)cccc1OC(F)F)c1ccnn1C. The Labute approximate surface area is 131 Å². The summed E-state index contributed by atoms with van der Waals surface area (Å²) in [6.45, 7) is -1.65. The van der Waals surface area contributed by atoms with Crippen LogP contribution >= 0.6 is 0 Å². The molecule has 0 aliphatic heterocycles. The van der Waals surface area contributed by atoms with Crippen LogP contribution in [-0.4, -0.2) is 22.3 Å². The molecule has 0 aliphatic carbocycles. The van der Waals surface area contributed by atoms with Crippen molar-refractivity contribution < 1.29 is 22.7 Å². The fourth-order valence-corrected chi connectivity index (χ4v) is 2.19. The van der Waals surface area contributed by atoms with Crippen LogP contribution in [0.3, 0.4) is 0 Å². The summed E-state index contributed by atoms with van der Waals surface area (Å²) < 4.78 is 44.3. The molecule has 23 heavy (non-hydrogen) atoms. The highest BCUT2D eigenvalue weighted by Gasteiger charge is 2.20. The van der Waals surface area contributed by atoms with Gasteiger partial charge in [-0.1, -0.05) is 6.07 Å². The van der Waals surface area contributed by atoms with Crippen molar-refractivity contribution >= 4 is 5.91 Å². The zero-order chi connectivity index (χ0) is 17.0. The Morgan fingerprint density at radius 3 is 2.74 bits per heavy atom. The van der Waals surface area contributed by atoms with Gasteiger partial charge in [0.1, 0.15) is 11.6 Å². The molecule has 0 bridgehead atoms. The van der Waals surface area contributed by atoms with E-state index in [1.165, 1.54) is 12.1 Å². The molecule has 1 atom stereocenters. The second-order valence-corrected chi connectivity index (χ2v) is 4.91. The van der Waals surface area contributed by atoms with Gasteiger partial charge < -0.3 is 10.1 Å². The van der Waals surface area contributed by atoms with Crippen LogP contribution in [0.2, 0.25) is 0 Å². The number of carbonyl (C=O) groups is 1. The predicted molar refractivity (Wildman–Crippen MR) is 76.5 cm³/mol. The first-order valence-electron chi connectivity index (χ1n) is 6.88. The zero-order valence-corrected chi connectivity index (χ0v) is 12.6. The van der Waals surface area contributed by atoms with Gasteiger partial charge in [0.25, 0.3) is 0 Å². The molecule has 1 aromatic heterocycles. The van der Waals surface area contributed by atoms with E-state index in [1.54, 1.807) is 30.9 Å². The maximum atomic E-state index is 13.8. The van der Waals surface area contributed by atoms with Gasteiger partial charge in [-0.3, -0.25) is 9.48 Å². The number of nitrogens with zero attached hydrogens (tertiary/aromatic N) is 2. The van der Waals surface area contributed by atoms with Crippen molar-refractivity contribution in [2.75, 3.05) is 0 Å². The zero-order valence-electron chi connectivity index (χ0n) is 12.6. The smallest absolute Gasteiger partial charge is 0.387 e. The van der Waals surface area contributed by atoms with Crippen molar-refractivity contribution in [3.63, 3.8) is 0 Å². The lowest BCUT2D eigenvalue weighted by atomic mass is 10.1. The summed E-state index contributed by atoms with van der Waals surface area (Å²) >= 11 is 0. The van der Waals surface area contributed by atoms with E-state index >= 15 is 0 Å². The van der Waals surface area contributed by atoms with Gasteiger partial charge in [-0.25, -0.2) is 4.39 Å². The number of nitrogens with one attached hydrogen (secondary N) is 1. The van der Waals surface area contributed by atoms with E-state index in [2.05, 4.69) is 15.2 Å². The first kappa shape index (κ1) is 16.9. The Hall–Kier alpha value is -2.51. The minimum absolute atomic E-state index is 0.127. The van der Waals surface area contributed by atoms with E-state index in [4.69, 9.17) is 0 Å². The lowest BCUT2D eigenvalue weighted by Crippen LogP contribution is -2.29. The highest BCUT2D eigenvalue weighted by atomic mass is 19.3. The minimum atomic E-state index is -3.07. The van der Waals surface area contributed by atoms with Crippen LogP contribution in [0.1, 0.15) is 24.1 Å². The number of carbonyl (C=O) groups excluding carboxylic acids is 1. The molecule has 5 nitrogen and oxygen atoms in total. The van der Waals surface area contributed by atoms with Crippen molar-refractivity contribution in [1.29, 1.82) is 0 Å². The van der Waals surface area contributed by atoms with Gasteiger partial charge in [0.15, 0.2) is 0 Å². The van der Waals surface area contributed by atoms with Gasteiger partial charge in [-0.2, -0.15) is 13.9 Å². The summed E-state index contributed by atoms with van der Waals surface area (Å²) in [5.41, 5.74) is 0.554. The number of benzene rings is 1. The average molecular weight is 327 g/mol. The molecule has 1 unspecified atom stereocenters. The quantitative estimate of drug-likeness (QED) is 0.887. The Balaban J connectivity index is 2.08. The Bertz CT molecular complexity index is 688. The molecule has 8 heteroatoms. The summed E-state index contributed by atoms with van der Waals surface area (Å²) in [7, 11) is 1.70. The lowest BCUT2D eigenvalue weighted by Gasteiger charge is -2.15. The normalized spacial score (nSPS) is 12.3. The first-order valence-corrected chi connectivity index (χ1v) is 6.88. The molecule has 124 valence electrons. The van der Waals surface area contributed by atoms with Crippen LogP contribution in [0.15, 0.2) is 30.5 Å². The van der Waals surface area contributed by atoms with Gasteiger partial charge in [-0.05, 0) is 25.1 Å². The van der Waals surface area contributed by atoms with E-state index in [9.17, 15) is 18.0 Å². The van der Waals surface area contributed by atoms with E-state index < -0.39 is 18.3 Å². The largest absolute Gasteiger partial charge is 0.434 e. The molecule has 0 aliphatic rings. The van der Waals surface area contributed by atoms with Crippen LogP contribution < -0.4 is 10.1 Å². The number of alkyl halides is 2. The van der Waals surface area contributed by atoms with E-state index in [-0.39, 0.29) is 23.8 Å². The fourth-order valence-electron chi connectivity index (χ4n) is 2.19. The molecule has 2 aromatic rings. The fraction of sp³-hybridized carbons (Fsp3) is 0.333. The number of aryl methyl sites for hydroxylation is 1. The molecule has 0 fully saturated rings. The van der Waals surface area contributed by atoms with Crippen molar-refractivity contribution in [3.8, 4) is 5.75 Å². The van der Waals surface area contributed by atoms with Crippen LogP contribution in [0.4, 0.5) is 13.2 Å². The minimum Gasteiger partial charge on any atom is -0.434 e. The van der Waals surface area contributed by atoms with Crippen molar-refractivity contribution in [1.82, 2.24) is 15.1 Å². The number of amides is 1. The van der Waals surface area contributed by atoms with Crippen LogP contribution in [0.5, 0.6) is 5.75 Å². The highest BCUT2D eigenvalue weighted by molar-refractivity contribution is 5.82. The topological polar surface area (TPSA) is 56.1 Å². The summed E-state index contributed by atoms with van der Waals surface area (Å²) in [5, 5.41) is 6.50. The van der Waals surface area contributed by atoms with Gasteiger partial charge in [0, 0.05) is 25.4 Å². The maximum Gasteiger partial charge on any atom is 0.387 e. The van der Waals surface area contributed by atoms with Gasteiger partial charge in [0.2, 0.25) is 5.91 Å². The van der Waals surface area contributed by atoms with Crippen molar-refractivity contribution in [2.24, 2.45) is 7.05 Å². The van der Waals surface area contributed by atoms with Crippen LogP contribution in [0, 0.1) is 5.82 Å². The molecule has 2 rings (SSSR count). The Kier molecular flexibility index (Phi) is 5.25. The molecule has 0 spiro atoms. The first-order chi connectivity index (χ1) is 10.9. The van der Waals surface area contributed by atoms with Crippen LogP contribution in [0.25, 0.3) is 0 Å². The van der Waals surface area contributed by atoms with Crippen molar-refractivity contribution in [2.45, 2.75) is 26.0 Å². The van der Waals surface area contributed by atoms with E-state index in [1.807, 2.05) is 0 Å². The molecular weight excluding hydrogens is 311 g/mol. The molecule has 1 N–H and O–H groups in total. The summed E-state index contributed by atoms with van der Waals surface area (Å²) in [6.07, 6.45) is 1.56.